The number of phenols is 1. The number of anilines is 1. The van der Waals surface area contributed by atoms with Gasteiger partial charge in [-0.3, -0.25) is 4.79 Å². The molecule has 0 aliphatic rings. The quantitative estimate of drug-likeness (QED) is 0.388. The van der Waals surface area contributed by atoms with Crippen LogP contribution in [0.3, 0.4) is 0 Å². The number of methoxy groups -OCH3 is 1. The molecule has 0 saturated carbocycles. The van der Waals surface area contributed by atoms with Crippen LogP contribution in [-0.2, 0) is 4.74 Å². The largest absolute Gasteiger partial charge is 0.506 e. The zero-order valence-electron chi connectivity index (χ0n) is 7.65. The highest BCUT2D eigenvalue weighted by Crippen LogP contribution is 2.19. The number of carbonyl (C=O) groups excluding carboxylic acids is 1. The van der Waals surface area contributed by atoms with Gasteiger partial charge in [-0.15, -0.1) is 0 Å². The lowest BCUT2D eigenvalue weighted by Gasteiger charge is -1.96. The molecule has 0 aromatic heterocycles. The second-order valence-corrected chi connectivity index (χ2v) is 2.34. The number of aldehydes is 1. The van der Waals surface area contributed by atoms with E-state index in [1.165, 1.54) is 12.1 Å². The number of hydrogen-bond acceptors (Lipinski definition) is 4. The Labute approximate surface area is 76.9 Å². The van der Waals surface area contributed by atoms with Crippen LogP contribution in [0, 0.1) is 0 Å². The van der Waals surface area contributed by atoms with Crippen LogP contribution in [0.1, 0.15) is 10.4 Å². The van der Waals surface area contributed by atoms with E-state index in [0.717, 1.165) is 0 Å². The maximum atomic E-state index is 10.1. The number of nitrogens with two attached hydrogens (primary N) is 1. The number of aromatic hydroxyl groups is 1. The minimum absolute atomic E-state index is 0.0513. The Balaban J connectivity index is 0.000000424. The number of rotatable bonds is 1. The molecule has 1 rings (SSSR count). The molecule has 0 amide bonds. The Bertz CT molecular complexity index is 274. The molecule has 72 valence electrons. The van der Waals surface area contributed by atoms with Crippen molar-refractivity contribution in [2.45, 2.75) is 0 Å². The van der Waals surface area contributed by atoms with E-state index in [2.05, 4.69) is 4.74 Å². The van der Waals surface area contributed by atoms with Gasteiger partial charge in [0.05, 0.1) is 5.69 Å². The third-order valence-electron chi connectivity index (χ3n) is 1.19. The van der Waals surface area contributed by atoms with Gasteiger partial charge in [0, 0.05) is 19.8 Å². The molecule has 0 fully saturated rings. The van der Waals surface area contributed by atoms with Crippen molar-refractivity contribution in [1.82, 2.24) is 0 Å². The minimum atomic E-state index is -0.0513. The summed E-state index contributed by atoms with van der Waals surface area (Å²) >= 11 is 0. The number of nitrogen functional groups attached to an aromatic ring is 1. The Kier molecular flexibility index (Phi) is 5.30. The predicted octanol–water partition coefficient (Wildman–Crippen LogP) is 1.05. The van der Waals surface area contributed by atoms with Gasteiger partial charge in [-0.1, -0.05) is 0 Å². The molecule has 4 heteroatoms. The molecule has 0 heterocycles. The van der Waals surface area contributed by atoms with Crippen LogP contribution in [0.4, 0.5) is 5.69 Å². The molecule has 0 atom stereocenters. The van der Waals surface area contributed by atoms with Gasteiger partial charge >= 0.3 is 0 Å². The molecule has 0 aliphatic carbocycles. The van der Waals surface area contributed by atoms with Crippen LogP contribution < -0.4 is 5.73 Å². The third kappa shape index (κ3) is 4.12. The first-order valence-corrected chi connectivity index (χ1v) is 3.59. The standard InChI is InChI=1S/C7H7NO2.C2H6O/c8-6-2-1-5(4-9)3-7(6)10;1-3-2/h1-4,10H,8H2;1-2H3. The average molecular weight is 183 g/mol. The van der Waals surface area contributed by atoms with Gasteiger partial charge in [0.1, 0.15) is 12.0 Å². The lowest BCUT2D eigenvalue weighted by Crippen LogP contribution is -1.86. The van der Waals surface area contributed by atoms with Gasteiger partial charge in [-0.25, -0.2) is 0 Å². The van der Waals surface area contributed by atoms with Gasteiger partial charge < -0.3 is 15.6 Å². The highest BCUT2D eigenvalue weighted by Gasteiger charge is 1.95. The summed E-state index contributed by atoms with van der Waals surface area (Å²) in [6, 6.07) is 4.35. The minimum Gasteiger partial charge on any atom is -0.506 e. The van der Waals surface area contributed by atoms with Crippen molar-refractivity contribution in [3.05, 3.63) is 23.8 Å². The van der Waals surface area contributed by atoms with Crippen molar-refractivity contribution in [2.75, 3.05) is 20.0 Å². The van der Waals surface area contributed by atoms with Gasteiger partial charge in [-0.05, 0) is 18.2 Å². The summed E-state index contributed by atoms with van der Waals surface area (Å²) < 4.78 is 4.25. The van der Waals surface area contributed by atoms with E-state index < -0.39 is 0 Å². The van der Waals surface area contributed by atoms with Crippen LogP contribution >= 0.6 is 0 Å². The molecular weight excluding hydrogens is 170 g/mol. The molecule has 3 N–H and O–H groups in total. The number of ether oxygens (including phenoxy) is 1. The Morgan fingerprint density at radius 2 is 2.00 bits per heavy atom. The molecule has 0 aliphatic heterocycles. The first kappa shape index (κ1) is 11.4. The second-order valence-electron chi connectivity index (χ2n) is 2.34. The Hall–Kier alpha value is -1.55. The third-order valence-corrected chi connectivity index (χ3v) is 1.19. The number of benzene rings is 1. The van der Waals surface area contributed by atoms with Gasteiger partial charge in [0.25, 0.3) is 0 Å². The number of carbonyl (C=O) groups is 1. The normalized spacial score (nSPS) is 8.46. The van der Waals surface area contributed by atoms with E-state index in [1.807, 2.05) is 0 Å². The molecule has 0 unspecified atom stereocenters. The number of phenolic OH excluding ortho intramolecular Hbond substituents is 1. The number of hydrogen-bond donors (Lipinski definition) is 2. The predicted molar refractivity (Wildman–Crippen MR) is 50.8 cm³/mol. The topological polar surface area (TPSA) is 72.5 Å². The summed E-state index contributed by atoms with van der Waals surface area (Å²) in [5.74, 6) is -0.0513. The van der Waals surface area contributed by atoms with Gasteiger partial charge in [-0.2, -0.15) is 0 Å². The van der Waals surface area contributed by atoms with E-state index in [9.17, 15) is 4.79 Å². The van der Waals surface area contributed by atoms with Crippen LogP contribution in [0.15, 0.2) is 18.2 Å². The van der Waals surface area contributed by atoms with E-state index in [4.69, 9.17) is 10.8 Å². The lowest BCUT2D eigenvalue weighted by atomic mass is 10.2. The SMILES string of the molecule is COC.Nc1ccc(C=O)cc1O. The highest BCUT2D eigenvalue weighted by atomic mass is 16.4. The summed E-state index contributed by atoms with van der Waals surface area (Å²) in [5.41, 5.74) is 5.98. The summed E-state index contributed by atoms with van der Waals surface area (Å²) in [5, 5.41) is 8.95. The van der Waals surface area contributed by atoms with E-state index in [1.54, 1.807) is 20.3 Å². The Morgan fingerprint density at radius 1 is 1.46 bits per heavy atom. The summed E-state index contributed by atoms with van der Waals surface area (Å²) in [4.78, 5) is 10.1. The van der Waals surface area contributed by atoms with Gasteiger partial charge in [0.15, 0.2) is 0 Å². The summed E-state index contributed by atoms with van der Waals surface area (Å²) in [7, 11) is 3.25. The first-order valence-electron chi connectivity index (χ1n) is 3.59. The zero-order valence-corrected chi connectivity index (χ0v) is 7.65. The maximum absolute atomic E-state index is 10.1. The molecule has 1 aromatic carbocycles. The van der Waals surface area contributed by atoms with Gasteiger partial charge in [0.2, 0.25) is 0 Å². The molecule has 0 saturated heterocycles. The van der Waals surface area contributed by atoms with E-state index in [-0.39, 0.29) is 11.4 Å². The molecule has 0 bridgehead atoms. The van der Waals surface area contributed by atoms with E-state index in [0.29, 0.717) is 11.8 Å². The summed E-state index contributed by atoms with van der Waals surface area (Å²) in [6.07, 6.45) is 0.652. The van der Waals surface area contributed by atoms with Crippen molar-refractivity contribution in [1.29, 1.82) is 0 Å². The average Bonchev–Trinajstić information content (AvgIpc) is 2.11. The van der Waals surface area contributed by atoms with Crippen LogP contribution in [0.2, 0.25) is 0 Å². The first-order chi connectivity index (χ1) is 6.15. The molecule has 4 nitrogen and oxygen atoms in total. The van der Waals surface area contributed by atoms with Crippen molar-refractivity contribution in [3.8, 4) is 5.75 Å². The molecule has 0 radical (unpaired) electrons. The second kappa shape index (κ2) is 6.02. The smallest absolute Gasteiger partial charge is 0.150 e. The van der Waals surface area contributed by atoms with Crippen molar-refractivity contribution in [3.63, 3.8) is 0 Å². The lowest BCUT2D eigenvalue weighted by molar-refractivity contribution is 0.112. The van der Waals surface area contributed by atoms with Crippen LogP contribution in [0.25, 0.3) is 0 Å². The fraction of sp³-hybridized carbons (Fsp3) is 0.222. The molecule has 13 heavy (non-hydrogen) atoms. The fourth-order valence-corrected chi connectivity index (χ4v) is 0.634. The highest BCUT2D eigenvalue weighted by molar-refractivity contribution is 5.77. The van der Waals surface area contributed by atoms with E-state index >= 15 is 0 Å². The van der Waals surface area contributed by atoms with Crippen molar-refractivity contribution >= 4 is 12.0 Å². The molecular formula is C9H13NO3. The zero-order chi connectivity index (χ0) is 10.3. The van der Waals surface area contributed by atoms with Crippen molar-refractivity contribution in [2.24, 2.45) is 0 Å². The molecule has 0 spiro atoms. The summed E-state index contributed by atoms with van der Waals surface area (Å²) in [6.45, 7) is 0. The van der Waals surface area contributed by atoms with Crippen LogP contribution in [-0.4, -0.2) is 25.6 Å². The fourth-order valence-electron chi connectivity index (χ4n) is 0.634. The van der Waals surface area contributed by atoms with Crippen LogP contribution in [0.5, 0.6) is 5.75 Å². The maximum Gasteiger partial charge on any atom is 0.150 e. The Morgan fingerprint density at radius 3 is 2.38 bits per heavy atom. The monoisotopic (exact) mass is 183 g/mol. The van der Waals surface area contributed by atoms with Crippen molar-refractivity contribution < 1.29 is 14.6 Å². The molecule has 1 aromatic rings.